The van der Waals surface area contributed by atoms with Crippen molar-refractivity contribution in [1.82, 2.24) is 5.43 Å². The van der Waals surface area contributed by atoms with Gasteiger partial charge in [-0.05, 0) is 37.5 Å². The number of hydrazone groups is 1. The van der Waals surface area contributed by atoms with E-state index in [0.29, 0.717) is 24.8 Å². The predicted octanol–water partition coefficient (Wildman–Crippen LogP) is 3.44. The van der Waals surface area contributed by atoms with Crippen LogP contribution in [0, 0.1) is 5.41 Å². The summed E-state index contributed by atoms with van der Waals surface area (Å²) in [5, 5.41) is 12.2. The average Bonchev–Trinajstić information content (AvgIpc) is 3.19. The molecule has 0 amide bonds. The molecule has 1 aromatic carbocycles. The zero-order chi connectivity index (χ0) is 20.6. The zero-order valence-electron chi connectivity index (χ0n) is 16.2. The normalized spacial score (nSPS) is 27.6. The molecule has 160 valence electrons. The van der Waals surface area contributed by atoms with Gasteiger partial charge in [-0.3, -0.25) is 10.8 Å². The first-order chi connectivity index (χ1) is 14.0. The van der Waals surface area contributed by atoms with Crippen molar-refractivity contribution in [3.05, 3.63) is 34.9 Å². The molecule has 9 nitrogen and oxygen atoms in total. The molecule has 2 aliphatic heterocycles. The number of amidine groups is 1. The van der Waals surface area contributed by atoms with Gasteiger partial charge >= 0.3 is 8.60 Å². The number of nitrogens with one attached hydrogen (secondary N) is 2. The molecule has 2 fully saturated rings. The second-order valence-electron chi connectivity index (χ2n) is 6.50. The molecule has 29 heavy (non-hydrogen) atoms. The summed E-state index contributed by atoms with van der Waals surface area (Å²) in [4.78, 5) is 0. The van der Waals surface area contributed by atoms with Gasteiger partial charge in [-0.15, -0.1) is 0 Å². The van der Waals surface area contributed by atoms with Gasteiger partial charge in [-0.2, -0.15) is 5.10 Å². The van der Waals surface area contributed by atoms with E-state index < -0.39 is 8.60 Å². The maximum atomic E-state index is 7.57. The van der Waals surface area contributed by atoms with Crippen LogP contribution in [0.15, 0.2) is 29.4 Å². The lowest BCUT2D eigenvalue weighted by Crippen LogP contribution is -2.32. The minimum atomic E-state index is -1.44. The molecule has 0 spiro atoms. The van der Waals surface area contributed by atoms with Crippen LogP contribution in [-0.2, 0) is 23.0 Å². The molecule has 1 aromatic rings. The Hall–Kier alpha value is -1.48. The average molecular weight is 445 g/mol. The lowest BCUT2D eigenvalue weighted by molar-refractivity contribution is -0.0106. The van der Waals surface area contributed by atoms with E-state index in [1.807, 2.05) is 24.3 Å². The molecule has 0 radical (unpaired) electrons. The second kappa shape index (κ2) is 11.1. The number of hydrogen-bond donors (Lipinski definition) is 3. The van der Waals surface area contributed by atoms with Crippen LogP contribution in [0.4, 0.5) is 0 Å². The Kier molecular flexibility index (Phi) is 8.47. The fourth-order valence-corrected chi connectivity index (χ4v) is 4.27. The van der Waals surface area contributed by atoms with Gasteiger partial charge in [0, 0.05) is 11.4 Å². The highest BCUT2D eigenvalue weighted by atomic mass is 35.5. The summed E-state index contributed by atoms with van der Waals surface area (Å²) in [5.74, 6) is -0.184. The van der Waals surface area contributed by atoms with E-state index in [1.165, 1.54) is 0 Å². The third-order valence-corrected chi connectivity index (χ3v) is 5.75. The van der Waals surface area contributed by atoms with Gasteiger partial charge in [0.05, 0.1) is 32.0 Å². The van der Waals surface area contributed by atoms with E-state index in [4.69, 9.17) is 45.8 Å². The van der Waals surface area contributed by atoms with Gasteiger partial charge in [0.2, 0.25) is 5.84 Å². The Balaban J connectivity index is 1.40. The molecule has 2 heterocycles. The van der Waals surface area contributed by atoms with Gasteiger partial charge in [0.1, 0.15) is 6.23 Å². The first kappa shape index (κ1) is 22.2. The summed E-state index contributed by atoms with van der Waals surface area (Å²) in [6.45, 7) is 3.07. The maximum absolute atomic E-state index is 7.57. The largest absolute Gasteiger partial charge is 0.476 e. The topological polar surface area (TPSA) is 120 Å². The molecule has 2 saturated heterocycles. The fourth-order valence-electron chi connectivity index (χ4n) is 2.90. The van der Waals surface area contributed by atoms with Crippen molar-refractivity contribution in [2.45, 2.75) is 44.6 Å². The smallest absolute Gasteiger partial charge is 0.333 e. The first-order valence-corrected chi connectivity index (χ1v) is 11.0. The summed E-state index contributed by atoms with van der Waals surface area (Å²) in [6, 6.07) is 7.63. The predicted molar refractivity (Wildman–Crippen MR) is 111 cm³/mol. The van der Waals surface area contributed by atoms with Gasteiger partial charge in [0.25, 0.3) is 5.90 Å². The number of ether oxygens (including phenoxy) is 2. The van der Waals surface area contributed by atoms with Crippen molar-refractivity contribution in [2.24, 2.45) is 10.8 Å². The minimum absolute atomic E-state index is 0.0188. The molecule has 2 aliphatic rings. The van der Waals surface area contributed by atoms with Crippen LogP contribution in [0.3, 0.4) is 0 Å². The van der Waals surface area contributed by atoms with Crippen molar-refractivity contribution in [2.75, 3.05) is 19.8 Å². The van der Waals surface area contributed by atoms with Gasteiger partial charge in [0.15, 0.2) is 0 Å². The number of hydrogen-bond acceptors (Lipinski definition) is 8. The van der Waals surface area contributed by atoms with Crippen LogP contribution in [0.2, 0.25) is 5.02 Å². The van der Waals surface area contributed by atoms with Crippen LogP contribution in [0.25, 0.3) is 0 Å². The molecule has 4 atom stereocenters. The number of halogens is 1. The summed E-state index contributed by atoms with van der Waals surface area (Å²) in [5.41, 5.74) is 9.50. The third-order valence-electron chi connectivity index (χ3n) is 4.33. The summed E-state index contributed by atoms with van der Waals surface area (Å²) >= 11 is 6.07. The van der Waals surface area contributed by atoms with Gasteiger partial charge in [-0.25, -0.2) is 0 Å². The number of benzene rings is 1. The number of nitrogens with two attached hydrogens (primary N) is 1. The Bertz CT molecular complexity index is 725. The van der Waals surface area contributed by atoms with Crippen molar-refractivity contribution < 1.29 is 23.0 Å². The van der Waals surface area contributed by atoms with E-state index in [0.717, 1.165) is 24.8 Å². The monoisotopic (exact) mass is 444 g/mol. The van der Waals surface area contributed by atoms with E-state index in [2.05, 4.69) is 10.5 Å². The summed E-state index contributed by atoms with van der Waals surface area (Å²) in [6.07, 6.45) is 1.82. The second-order valence-corrected chi connectivity index (χ2v) is 8.11. The first-order valence-electron chi connectivity index (χ1n) is 9.49. The molecule has 4 N–H and O–H groups in total. The molecule has 0 aromatic heterocycles. The minimum Gasteiger partial charge on any atom is -0.476 e. The van der Waals surface area contributed by atoms with E-state index in [1.54, 1.807) is 6.92 Å². The maximum Gasteiger partial charge on any atom is 0.333 e. The molecular formula is C18H26ClN4O5P. The Morgan fingerprint density at radius 1 is 1.41 bits per heavy atom. The molecule has 0 bridgehead atoms. The van der Waals surface area contributed by atoms with Gasteiger partial charge in [-0.1, -0.05) is 23.7 Å². The highest BCUT2D eigenvalue weighted by molar-refractivity contribution is 7.41. The van der Waals surface area contributed by atoms with Crippen LogP contribution >= 0.6 is 20.2 Å². The molecule has 0 saturated carbocycles. The lowest BCUT2D eigenvalue weighted by Gasteiger charge is -2.29. The van der Waals surface area contributed by atoms with Crippen LogP contribution < -0.4 is 11.2 Å². The Morgan fingerprint density at radius 3 is 3.07 bits per heavy atom. The van der Waals surface area contributed by atoms with Crippen molar-refractivity contribution in [3.63, 3.8) is 0 Å². The molecule has 0 aliphatic carbocycles. The standard InChI is InChI=1S/C18H26ClN4O5P/c1-2-24-18(21)17(20)23-22-16-7-6-14(27-16)11-26-29-25-9-8-15(28-29)12-4-3-5-13(19)10-12/h3-5,10,14-16,21-22H,2,6-9,11H2,1H3,(H2,20,23). The number of rotatable bonds is 7. The molecule has 11 heteroatoms. The van der Waals surface area contributed by atoms with Crippen LogP contribution in [0.1, 0.15) is 37.9 Å². The van der Waals surface area contributed by atoms with Crippen molar-refractivity contribution in [1.29, 1.82) is 5.41 Å². The SMILES string of the molecule is CCOC(=N)/C(N)=N/NC1CCC(COP2OCCC(c3cccc(Cl)c3)O2)O1. The lowest BCUT2D eigenvalue weighted by atomic mass is 10.1. The Morgan fingerprint density at radius 2 is 2.28 bits per heavy atom. The van der Waals surface area contributed by atoms with E-state index in [9.17, 15) is 0 Å². The molecule has 3 rings (SSSR count). The summed E-state index contributed by atoms with van der Waals surface area (Å²) in [7, 11) is -1.44. The highest BCUT2D eigenvalue weighted by Crippen LogP contribution is 2.50. The van der Waals surface area contributed by atoms with Gasteiger partial charge < -0.3 is 28.8 Å². The summed E-state index contributed by atoms with van der Waals surface area (Å²) < 4.78 is 28.2. The van der Waals surface area contributed by atoms with Crippen LogP contribution in [-0.4, -0.2) is 43.9 Å². The quantitative estimate of drug-likeness (QED) is 0.255. The molecular weight excluding hydrogens is 419 g/mol. The number of nitrogens with zero attached hydrogens (tertiary/aromatic N) is 1. The third kappa shape index (κ3) is 6.77. The van der Waals surface area contributed by atoms with E-state index in [-0.39, 0.29) is 30.2 Å². The highest BCUT2D eigenvalue weighted by Gasteiger charge is 2.30. The Labute approximate surface area is 176 Å². The van der Waals surface area contributed by atoms with Crippen molar-refractivity contribution in [3.8, 4) is 0 Å². The molecule has 4 unspecified atom stereocenters. The van der Waals surface area contributed by atoms with Crippen molar-refractivity contribution >= 4 is 31.9 Å². The zero-order valence-corrected chi connectivity index (χ0v) is 17.8. The van der Waals surface area contributed by atoms with Crippen LogP contribution in [0.5, 0.6) is 0 Å². The van der Waals surface area contributed by atoms with E-state index >= 15 is 0 Å². The fraction of sp³-hybridized carbons (Fsp3) is 0.556.